The van der Waals surface area contributed by atoms with Gasteiger partial charge in [0.2, 0.25) is 0 Å². The first-order valence-corrected chi connectivity index (χ1v) is 14.7. The molecule has 0 aliphatic heterocycles. The Morgan fingerprint density at radius 1 is 0.711 bits per heavy atom. The number of methoxy groups -OCH3 is 3. The van der Waals surface area contributed by atoms with Gasteiger partial charge in [0.15, 0.2) is 6.10 Å². The van der Waals surface area contributed by atoms with Crippen molar-refractivity contribution in [3.05, 3.63) is 101 Å². The molecule has 2 atom stereocenters. The third kappa shape index (κ3) is 9.52. The lowest BCUT2D eigenvalue weighted by Crippen LogP contribution is -2.30. The Hall–Kier alpha value is -2.76. The molecule has 0 bridgehead atoms. The van der Waals surface area contributed by atoms with Crippen molar-refractivity contribution in [3.8, 4) is 5.75 Å². The van der Waals surface area contributed by atoms with Crippen molar-refractivity contribution in [2.75, 3.05) is 21.3 Å². The van der Waals surface area contributed by atoms with Gasteiger partial charge in [-0.2, -0.15) is 0 Å². The van der Waals surface area contributed by atoms with E-state index in [1.54, 1.807) is 26.0 Å². The van der Waals surface area contributed by atoms with E-state index in [0.717, 1.165) is 29.9 Å². The fraction of sp³-hybridized carbons (Fsp3) is 0.424. The number of rotatable bonds is 17. The summed E-state index contributed by atoms with van der Waals surface area (Å²) in [5, 5.41) is -0.163. The second-order valence-electron chi connectivity index (χ2n) is 9.56. The maximum Gasteiger partial charge on any atom is 0.336 e. The summed E-state index contributed by atoms with van der Waals surface area (Å²) < 4.78 is 16.1. The van der Waals surface area contributed by atoms with Gasteiger partial charge in [-0.25, -0.2) is 4.79 Å². The maximum atomic E-state index is 12.7. The van der Waals surface area contributed by atoms with E-state index in [9.17, 15) is 4.79 Å². The molecule has 38 heavy (non-hydrogen) atoms. The van der Waals surface area contributed by atoms with E-state index < -0.39 is 6.10 Å². The fourth-order valence-electron chi connectivity index (χ4n) is 4.74. The highest BCUT2D eigenvalue weighted by Crippen LogP contribution is 2.38. The van der Waals surface area contributed by atoms with E-state index in [1.807, 2.05) is 12.1 Å². The molecule has 0 saturated carbocycles. The van der Waals surface area contributed by atoms with E-state index in [0.29, 0.717) is 0 Å². The number of carbonyl (C=O) groups excluding carboxylic acids is 1. The Labute approximate surface area is 233 Å². The van der Waals surface area contributed by atoms with Gasteiger partial charge in [-0.05, 0) is 60.1 Å². The fourth-order valence-corrected chi connectivity index (χ4v) is 6.11. The minimum Gasteiger partial charge on any atom is -0.497 e. The van der Waals surface area contributed by atoms with Crippen molar-refractivity contribution in [1.82, 2.24) is 0 Å². The molecule has 0 saturated heterocycles. The van der Waals surface area contributed by atoms with E-state index in [4.69, 9.17) is 14.2 Å². The lowest BCUT2D eigenvalue weighted by Gasteiger charge is -2.26. The molecular weight excluding hydrogens is 492 g/mol. The third-order valence-electron chi connectivity index (χ3n) is 6.92. The second kappa shape index (κ2) is 17.0. The number of benzene rings is 3. The highest BCUT2D eigenvalue weighted by Gasteiger charge is 2.32. The summed E-state index contributed by atoms with van der Waals surface area (Å²) in [5.41, 5.74) is 5.05. The molecule has 0 spiro atoms. The maximum absolute atomic E-state index is 12.7. The summed E-state index contributed by atoms with van der Waals surface area (Å²) in [6, 6.07) is 27.3. The van der Waals surface area contributed by atoms with Gasteiger partial charge >= 0.3 is 5.97 Å². The molecule has 0 aromatic heterocycles. The van der Waals surface area contributed by atoms with E-state index >= 15 is 0 Å². The Kier molecular flexibility index (Phi) is 13.3. The predicted octanol–water partition coefficient (Wildman–Crippen LogP) is 7.98. The SMILES string of the molecule is COC(=O)[C@H](OC)[C@H](SCc1ccc(OC)cc1)c1ccccc1CCCCCCCCc1ccccc1. The monoisotopic (exact) mass is 534 g/mol. The van der Waals surface area contributed by atoms with Crippen LogP contribution in [0.4, 0.5) is 0 Å². The number of thioether (sulfide) groups is 1. The highest BCUT2D eigenvalue weighted by molar-refractivity contribution is 7.98. The molecule has 0 amide bonds. The molecule has 0 radical (unpaired) electrons. The number of esters is 1. The molecule has 0 aliphatic rings. The van der Waals surface area contributed by atoms with Crippen LogP contribution in [0.5, 0.6) is 5.75 Å². The predicted molar refractivity (Wildman–Crippen MR) is 158 cm³/mol. The van der Waals surface area contributed by atoms with Crippen LogP contribution in [0.3, 0.4) is 0 Å². The highest BCUT2D eigenvalue weighted by atomic mass is 32.2. The Morgan fingerprint density at radius 3 is 2.00 bits per heavy atom. The van der Waals surface area contributed by atoms with Gasteiger partial charge in [0.25, 0.3) is 0 Å². The van der Waals surface area contributed by atoms with Crippen LogP contribution < -0.4 is 4.74 Å². The van der Waals surface area contributed by atoms with Crippen LogP contribution in [0.15, 0.2) is 78.9 Å². The van der Waals surface area contributed by atoms with Crippen LogP contribution in [0, 0.1) is 0 Å². The smallest absolute Gasteiger partial charge is 0.336 e. The van der Waals surface area contributed by atoms with Gasteiger partial charge in [-0.15, -0.1) is 11.8 Å². The number of aryl methyl sites for hydroxylation is 2. The van der Waals surface area contributed by atoms with Gasteiger partial charge in [0.1, 0.15) is 5.75 Å². The zero-order valence-electron chi connectivity index (χ0n) is 23.1. The normalized spacial score (nSPS) is 12.6. The minimum atomic E-state index is -0.672. The molecule has 0 aliphatic carbocycles. The molecule has 3 aromatic carbocycles. The first-order valence-electron chi connectivity index (χ1n) is 13.6. The van der Waals surface area contributed by atoms with Crippen LogP contribution in [0.1, 0.15) is 66.0 Å². The van der Waals surface area contributed by atoms with Gasteiger partial charge in [-0.3, -0.25) is 0 Å². The summed E-state index contributed by atoms with van der Waals surface area (Å²) in [5.74, 6) is 1.24. The van der Waals surface area contributed by atoms with Crippen molar-refractivity contribution >= 4 is 17.7 Å². The summed E-state index contributed by atoms with van der Waals surface area (Å²) in [7, 11) is 4.68. The number of carbonyl (C=O) groups is 1. The van der Waals surface area contributed by atoms with E-state index in [2.05, 4.69) is 66.7 Å². The average molecular weight is 535 g/mol. The average Bonchev–Trinajstić information content (AvgIpc) is 2.97. The Bertz CT molecular complexity index is 1070. The largest absolute Gasteiger partial charge is 0.497 e. The van der Waals surface area contributed by atoms with Gasteiger partial charge in [-0.1, -0.05) is 92.4 Å². The Balaban J connectivity index is 1.56. The topological polar surface area (TPSA) is 44.8 Å². The molecule has 204 valence electrons. The molecule has 3 rings (SSSR count). The molecule has 4 nitrogen and oxygen atoms in total. The molecule has 0 fully saturated rings. The van der Waals surface area contributed by atoms with Crippen molar-refractivity contribution in [2.45, 2.75) is 68.5 Å². The van der Waals surface area contributed by atoms with Crippen molar-refractivity contribution < 1.29 is 19.0 Å². The standard InChI is InChI=1S/C33H42O4S/c1-35-29-23-21-27(22-24-29)25-38-32(31(36-2)33(34)37-3)30-20-14-13-19-28(30)18-12-7-5-4-6-9-15-26-16-10-8-11-17-26/h8,10-11,13-14,16-17,19-24,31-32H,4-7,9,12,15,18,25H2,1-3H3/t31-,32-/m1/s1. The number of ether oxygens (including phenoxy) is 3. The van der Waals surface area contributed by atoms with Crippen LogP contribution in [-0.2, 0) is 32.9 Å². The van der Waals surface area contributed by atoms with Gasteiger partial charge < -0.3 is 14.2 Å². The number of hydrogen-bond acceptors (Lipinski definition) is 5. The first-order chi connectivity index (χ1) is 18.7. The summed E-state index contributed by atoms with van der Waals surface area (Å²) in [6.07, 6.45) is 8.93. The quantitative estimate of drug-likeness (QED) is 0.130. The molecule has 3 aromatic rings. The lowest BCUT2D eigenvalue weighted by atomic mass is 9.96. The van der Waals surface area contributed by atoms with Crippen molar-refractivity contribution in [2.24, 2.45) is 0 Å². The van der Waals surface area contributed by atoms with Crippen molar-refractivity contribution in [1.29, 1.82) is 0 Å². The van der Waals surface area contributed by atoms with Crippen LogP contribution in [-0.4, -0.2) is 33.4 Å². The Morgan fingerprint density at radius 2 is 1.34 bits per heavy atom. The molecule has 5 heteroatoms. The third-order valence-corrected chi connectivity index (χ3v) is 8.28. The summed E-state index contributed by atoms with van der Waals surface area (Å²) >= 11 is 1.72. The second-order valence-corrected chi connectivity index (χ2v) is 10.7. The molecule has 0 N–H and O–H groups in total. The summed E-state index contributed by atoms with van der Waals surface area (Å²) in [4.78, 5) is 12.7. The van der Waals surface area contributed by atoms with Gasteiger partial charge in [0, 0.05) is 12.9 Å². The molecular formula is C33H42O4S. The van der Waals surface area contributed by atoms with Crippen molar-refractivity contribution in [3.63, 3.8) is 0 Å². The zero-order valence-corrected chi connectivity index (χ0v) is 23.9. The molecule has 0 heterocycles. The van der Waals surface area contributed by atoms with E-state index in [-0.39, 0.29) is 11.2 Å². The zero-order chi connectivity index (χ0) is 27.0. The number of unbranched alkanes of at least 4 members (excludes halogenated alkanes) is 5. The lowest BCUT2D eigenvalue weighted by molar-refractivity contribution is -0.152. The van der Waals surface area contributed by atoms with Crippen LogP contribution >= 0.6 is 11.8 Å². The molecule has 0 unspecified atom stereocenters. The van der Waals surface area contributed by atoms with Crippen LogP contribution in [0.25, 0.3) is 0 Å². The van der Waals surface area contributed by atoms with Crippen LogP contribution in [0.2, 0.25) is 0 Å². The van der Waals surface area contributed by atoms with E-state index in [1.165, 1.54) is 62.3 Å². The number of hydrogen-bond donors (Lipinski definition) is 0. The first kappa shape index (κ1) is 29.8. The van der Waals surface area contributed by atoms with Gasteiger partial charge in [0.05, 0.1) is 19.5 Å². The minimum absolute atomic E-state index is 0.163. The summed E-state index contributed by atoms with van der Waals surface area (Å²) in [6.45, 7) is 0.